The molecule has 2 aliphatic carbocycles. The van der Waals surface area contributed by atoms with E-state index in [4.69, 9.17) is 4.42 Å². The summed E-state index contributed by atoms with van der Waals surface area (Å²) in [5, 5.41) is 4.19. The number of carbonyl (C=O) groups is 1. The summed E-state index contributed by atoms with van der Waals surface area (Å²) in [6.07, 6.45) is 7.69. The maximum Gasteiger partial charge on any atom is 0.300 e. The monoisotopic (exact) mass is 419 g/mol. The summed E-state index contributed by atoms with van der Waals surface area (Å²) in [5.41, 5.74) is 3.14. The van der Waals surface area contributed by atoms with Crippen LogP contribution in [0.4, 0.5) is 11.8 Å². The number of nitrogens with zero attached hydrogens (tertiary/aromatic N) is 6. The third-order valence-electron chi connectivity index (χ3n) is 6.30. The Kier molecular flexibility index (Phi) is 3.90. The molecule has 2 aliphatic heterocycles. The second kappa shape index (κ2) is 6.57. The minimum Gasteiger partial charge on any atom is -0.429 e. The SMILES string of the molecule is CCn1c(C(=O)N(C2CC2)C2CC2)cc2c3ncnc-3c(Nc3ncc(C)o3)n(C)c21. The van der Waals surface area contributed by atoms with Crippen LogP contribution in [-0.4, -0.2) is 47.0 Å². The van der Waals surface area contributed by atoms with E-state index in [2.05, 4.69) is 36.7 Å². The number of fused-ring (bicyclic) bond motifs is 3. The lowest BCUT2D eigenvalue weighted by molar-refractivity contribution is 0.0719. The maximum atomic E-state index is 13.6. The molecule has 0 radical (unpaired) electrons. The fraction of sp³-hybridized carbons (Fsp3) is 0.455. The number of carbonyl (C=O) groups excluding carboxylic acids is 1. The summed E-state index contributed by atoms with van der Waals surface area (Å²) in [6, 6.07) is 3.20. The molecule has 160 valence electrons. The molecule has 1 N–H and O–H groups in total. The molecule has 0 saturated heterocycles. The molecule has 0 spiro atoms. The number of hydrogen-bond donors (Lipinski definition) is 1. The van der Waals surface area contributed by atoms with Crippen LogP contribution in [0.15, 0.2) is 23.0 Å². The standard InChI is InChI=1S/C22H25N7O2/c1-4-28-16(21(30)29(13-5-6-13)14-7-8-14)9-15-17-18(25-11-24-17)19(27(3)20(15)28)26-22-23-10-12(2)31-22/h9-11,13-14H,4-8H2,1-3H3,(H,23,26). The first-order chi connectivity index (χ1) is 15.1. The predicted molar refractivity (Wildman–Crippen MR) is 116 cm³/mol. The largest absolute Gasteiger partial charge is 0.429 e. The summed E-state index contributed by atoms with van der Waals surface area (Å²) in [7, 11) is 1.97. The fourth-order valence-electron chi connectivity index (χ4n) is 4.60. The average molecular weight is 419 g/mol. The molecule has 4 aliphatic rings. The molecule has 2 fully saturated rings. The fourth-order valence-corrected chi connectivity index (χ4v) is 4.60. The lowest BCUT2D eigenvalue weighted by Gasteiger charge is -2.23. The number of aromatic nitrogens is 5. The van der Waals surface area contributed by atoms with Gasteiger partial charge in [0.15, 0.2) is 0 Å². The van der Waals surface area contributed by atoms with E-state index in [0.717, 1.165) is 65.4 Å². The minimum atomic E-state index is 0.133. The number of rotatable bonds is 6. The summed E-state index contributed by atoms with van der Waals surface area (Å²) in [5.74, 6) is 1.59. The maximum absolute atomic E-state index is 13.6. The van der Waals surface area contributed by atoms with Crippen LogP contribution in [0.25, 0.3) is 22.4 Å². The molecule has 2 saturated carbocycles. The van der Waals surface area contributed by atoms with Crippen molar-refractivity contribution in [1.82, 2.24) is 29.0 Å². The van der Waals surface area contributed by atoms with Gasteiger partial charge in [0, 0.05) is 31.1 Å². The Morgan fingerprint density at radius 3 is 2.52 bits per heavy atom. The Bertz CT molecular complexity index is 1260. The quantitative estimate of drug-likeness (QED) is 0.512. The molecule has 0 bridgehead atoms. The number of amides is 1. The summed E-state index contributed by atoms with van der Waals surface area (Å²) < 4.78 is 9.74. The van der Waals surface area contributed by atoms with Crippen LogP contribution in [-0.2, 0) is 13.6 Å². The molecule has 2 aromatic rings. The first-order valence-electron chi connectivity index (χ1n) is 10.9. The highest BCUT2D eigenvalue weighted by atomic mass is 16.4. The van der Waals surface area contributed by atoms with E-state index >= 15 is 0 Å². The van der Waals surface area contributed by atoms with E-state index in [1.54, 1.807) is 12.5 Å². The molecule has 0 unspecified atom stereocenters. The number of hydrogen-bond acceptors (Lipinski definition) is 6. The van der Waals surface area contributed by atoms with E-state index < -0.39 is 0 Å². The van der Waals surface area contributed by atoms with Crippen molar-refractivity contribution in [3.05, 3.63) is 30.0 Å². The molecule has 6 rings (SSSR count). The third kappa shape index (κ3) is 2.83. The van der Waals surface area contributed by atoms with Crippen molar-refractivity contribution in [2.45, 2.75) is 58.2 Å². The lowest BCUT2D eigenvalue weighted by Crippen LogP contribution is -2.36. The first-order valence-corrected chi connectivity index (χ1v) is 10.9. The van der Waals surface area contributed by atoms with Crippen molar-refractivity contribution in [2.24, 2.45) is 7.05 Å². The Morgan fingerprint density at radius 2 is 1.90 bits per heavy atom. The smallest absolute Gasteiger partial charge is 0.300 e. The average Bonchev–Trinajstić information content (AvgIpc) is 3.64. The molecule has 9 nitrogen and oxygen atoms in total. The Balaban J connectivity index is 1.53. The molecule has 9 heteroatoms. The number of nitrogens with one attached hydrogen (secondary N) is 1. The van der Waals surface area contributed by atoms with E-state index in [9.17, 15) is 4.79 Å². The van der Waals surface area contributed by atoms with Gasteiger partial charge in [-0.3, -0.25) is 10.1 Å². The van der Waals surface area contributed by atoms with Gasteiger partial charge < -0.3 is 18.5 Å². The number of oxazole rings is 1. The summed E-state index contributed by atoms with van der Waals surface area (Å²) >= 11 is 0. The molecule has 0 atom stereocenters. The van der Waals surface area contributed by atoms with Gasteiger partial charge in [-0.1, -0.05) is 0 Å². The van der Waals surface area contributed by atoms with Gasteiger partial charge in [0.1, 0.15) is 40.6 Å². The number of aryl methyl sites for hydroxylation is 3. The van der Waals surface area contributed by atoms with Gasteiger partial charge in [-0.15, -0.1) is 0 Å². The molecule has 1 amide bonds. The zero-order valence-corrected chi connectivity index (χ0v) is 17.9. The zero-order chi connectivity index (χ0) is 21.3. The van der Waals surface area contributed by atoms with E-state index in [1.807, 2.05) is 24.6 Å². The highest BCUT2D eigenvalue weighted by molar-refractivity contribution is 6.04. The molecule has 2 aromatic heterocycles. The normalized spacial score (nSPS) is 16.4. The number of pyridine rings is 1. The third-order valence-corrected chi connectivity index (χ3v) is 6.30. The Hall–Kier alpha value is -3.36. The molecule has 0 aromatic carbocycles. The Labute approximate surface area is 179 Å². The van der Waals surface area contributed by atoms with Gasteiger partial charge >= 0.3 is 0 Å². The first kappa shape index (κ1) is 18.4. The van der Waals surface area contributed by atoms with Crippen molar-refractivity contribution in [3.63, 3.8) is 0 Å². The van der Waals surface area contributed by atoms with E-state index in [-0.39, 0.29) is 5.91 Å². The zero-order valence-electron chi connectivity index (χ0n) is 17.9. The number of imidazole rings is 1. The highest BCUT2D eigenvalue weighted by Gasteiger charge is 2.43. The topological polar surface area (TPSA) is 94.0 Å². The van der Waals surface area contributed by atoms with Crippen molar-refractivity contribution >= 4 is 28.8 Å². The lowest BCUT2D eigenvalue weighted by atomic mass is 10.2. The minimum absolute atomic E-state index is 0.133. The Morgan fingerprint density at radius 1 is 1.19 bits per heavy atom. The molecular weight excluding hydrogens is 394 g/mol. The second-order valence-electron chi connectivity index (χ2n) is 8.57. The van der Waals surface area contributed by atoms with Crippen LogP contribution in [0, 0.1) is 6.92 Å². The predicted octanol–water partition coefficient (Wildman–Crippen LogP) is 3.70. The van der Waals surface area contributed by atoms with Gasteiger partial charge in [0.2, 0.25) is 0 Å². The van der Waals surface area contributed by atoms with Gasteiger partial charge in [-0.2, -0.15) is 0 Å². The van der Waals surface area contributed by atoms with Crippen LogP contribution >= 0.6 is 0 Å². The number of anilines is 2. The van der Waals surface area contributed by atoms with Gasteiger partial charge in [0.25, 0.3) is 11.9 Å². The van der Waals surface area contributed by atoms with Crippen molar-refractivity contribution < 1.29 is 9.21 Å². The van der Waals surface area contributed by atoms with Gasteiger partial charge in [-0.25, -0.2) is 15.0 Å². The van der Waals surface area contributed by atoms with Crippen LogP contribution in [0.2, 0.25) is 0 Å². The van der Waals surface area contributed by atoms with Crippen LogP contribution < -0.4 is 5.32 Å². The van der Waals surface area contributed by atoms with Crippen LogP contribution in [0.3, 0.4) is 0 Å². The van der Waals surface area contributed by atoms with E-state index in [1.165, 1.54) is 0 Å². The second-order valence-corrected chi connectivity index (χ2v) is 8.57. The summed E-state index contributed by atoms with van der Waals surface area (Å²) in [6.45, 7) is 4.60. The van der Waals surface area contributed by atoms with Gasteiger partial charge in [0.05, 0.1) is 6.20 Å². The van der Waals surface area contributed by atoms with Crippen LogP contribution in [0.5, 0.6) is 0 Å². The molecule has 31 heavy (non-hydrogen) atoms. The van der Waals surface area contributed by atoms with Crippen molar-refractivity contribution in [3.8, 4) is 11.4 Å². The summed E-state index contributed by atoms with van der Waals surface area (Å²) in [4.78, 5) is 29.1. The molecular formula is C22H25N7O2. The molecule has 4 heterocycles. The highest BCUT2D eigenvalue weighted by Crippen LogP contribution is 2.41. The van der Waals surface area contributed by atoms with Gasteiger partial charge in [-0.05, 0) is 45.6 Å². The van der Waals surface area contributed by atoms with Crippen LogP contribution in [0.1, 0.15) is 48.9 Å². The van der Waals surface area contributed by atoms with Crippen molar-refractivity contribution in [1.29, 1.82) is 0 Å². The van der Waals surface area contributed by atoms with E-state index in [0.29, 0.717) is 24.6 Å². The van der Waals surface area contributed by atoms with Crippen molar-refractivity contribution in [2.75, 3.05) is 5.32 Å².